The van der Waals surface area contributed by atoms with E-state index >= 15 is 0 Å². The van der Waals surface area contributed by atoms with Crippen LogP contribution in [0.15, 0.2) is 30.5 Å². The zero-order chi connectivity index (χ0) is 16.9. The number of benzene rings is 1. The zero-order valence-corrected chi connectivity index (χ0v) is 13.8. The van der Waals surface area contributed by atoms with Crippen LogP contribution in [-0.4, -0.2) is 28.3 Å². The van der Waals surface area contributed by atoms with E-state index in [0.29, 0.717) is 18.0 Å². The molecule has 1 aromatic carbocycles. The molecule has 128 valence electrons. The summed E-state index contributed by atoms with van der Waals surface area (Å²) in [6.07, 6.45) is 7.20. The summed E-state index contributed by atoms with van der Waals surface area (Å²) in [5.41, 5.74) is 0.945. The van der Waals surface area contributed by atoms with Gasteiger partial charge in [-0.2, -0.15) is 5.10 Å². The summed E-state index contributed by atoms with van der Waals surface area (Å²) >= 11 is 0. The van der Waals surface area contributed by atoms with Gasteiger partial charge in [-0.3, -0.25) is 4.79 Å². The van der Waals surface area contributed by atoms with Crippen LogP contribution in [0.2, 0.25) is 0 Å². The van der Waals surface area contributed by atoms with Crippen molar-refractivity contribution < 1.29 is 13.9 Å². The standard InChI is InChI=1S/C18H22FN3O2/c1-2-24-16-12-22(15-10-8-13(19)9-11-15)21-17(16)18(23)20-14-6-4-3-5-7-14/h8-12,14H,2-7H2,1H3,(H,20,23). The van der Waals surface area contributed by atoms with Gasteiger partial charge in [0.25, 0.3) is 5.91 Å². The highest BCUT2D eigenvalue weighted by atomic mass is 19.1. The quantitative estimate of drug-likeness (QED) is 0.913. The maximum Gasteiger partial charge on any atom is 0.275 e. The molecule has 1 aliphatic rings. The van der Waals surface area contributed by atoms with E-state index < -0.39 is 0 Å². The highest BCUT2D eigenvalue weighted by Crippen LogP contribution is 2.22. The molecule has 3 rings (SSSR count). The average Bonchev–Trinajstić information content (AvgIpc) is 3.01. The predicted molar refractivity (Wildman–Crippen MR) is 89.0 cm³/mol. The Bertz CT molecular complexity index is 691. The number of carbonyl (C=O) groups is 1. The van der Waals surface area contributed by atoms with Gasteiger partial charge in [0.2, 0.25) is 0 Å². The zero-order valence-electron chi connectivity index (χ0n) is 13.8. The van der Waals surface area contributed by atoms with Gasteiger partial charge in [-0.05, 0) is 44.0 Å². The van der Waals surface area contributed by atoms with Crippen molar-refractivity contribution in [2.24, 2.45) is 0 Å². The number of carbonyl (C=O) groups excluding carboxylic acids is 1. The van der Waals surface area contributed by atoms with E-state index in [4.69, 9.17) is 4.74 Å². The third kappa shape index (κ3) is 3.75. The SMILES string of the molecule is CCOc1cn(-c2ccc(F)cc2)nc1C(=O)NC1CCCCC1. The lowest BCUT2D eigenvalue weighted by atomic mass is 9.95. The molecule has 2 aromatic rings. The normalized spacial score (nSPS) is 15.2. The summed E-state index contributed by atoms with van der Waals surface area (Å²) in [6, 6.07) is 6.15. The van der Waals surface area contributed by atoms with Gasteiger partial charge in [-0.25, -0.2) is 9.07 Å². The predicted octanol–water partition coefficient (Wildman–Crippen LogP) is 3.47. The number of aromatic nitrogens is 2. The minimum absolute atomic E-state index is 0.205. The smallest absolute Gasteiger partial charge is 0.275 e. The highest BCUT2D eigenvalue weighted by molar-refractivity contribution is 5.95. The second-order valence-electron chi connectivity index (χ2n) is 6.00. The van der Waals surface area contributed by atoms with Crippen LogP contribution in [0, 0.1) is 5.82 Å². The lowest BCUT2D eigenvalue weighted by Gasteiger charge is -2.22. The summed E-state index contributed by atoms with van der Waals surface area (Å²) in [7, 11) is 0. The minimum atomic E-state index is -0.314. The number of rotatable bonds is 5. The molecule has 5 nitrogen and oxygen atoms in total. The van der Waals surface area contributed by atoms with Crippen molar-refractivity contribution >= 4 is 5.91 Å². The first-order chi connectivity index (χ1) is 11.7. The summed E-state index contributed by atoms with van der Waals surface area (Å²) in [6.45, 7) is 2.30. The molecule has 1 saturated carbocycles. The van der Waals surface area contributed by atoms with Crippen molar-refractivity contribution in [3.8, 4) is 11.4 Å². The third-order valence-corrected chi connectivity index (χ3v) is 4.23. The molecule has 0 radical (unpaired) electrons. The van der Waals surface area contributed by atoms with Crippen molar-refractivity contribution in [3.05, 3.63) is 42.0 Å². The molecular formula is C18H22FN3O2. The fraction of sp³-hybridized carbons (Fsp3) is 0.444. The molecule has 0 saturated heterocycles. The summed E-state index contributed by atoms with van der Waals surface area (Å²) in [5.74, 6) is -0.0902. The number of halogens is 1. The maximum absolute atomic E-state index is 13.1. The Labute approximate surface area is 140 Å². The molecule has 6 heteroatoms. The Kier molecular flexibility index (Phi) is 5.13. The van der Waals surface area contributed by atoms with Crippen LogP contribution in [0.3, 0.4) is 0 Å². The Morgan fingerprint density at radius 2 is 2.00 bits per heavy atom. The molecule has 0 unspecified atom stereocenters. The molecule has 0 atom stereocenters. The molecule has 0 spiro atoms. The van der Waals surface area contributed by atoms with E-state index in [1.807, 2.05) is 6.92 Å². The number of ether oxygens (including phenoxy) is 1. The fourth-order valence-corrected chi connectivity index (χ4v) is 3.00. The number of nitrogens with one attached hydrogen (secondary N) is 1. The number of amides is 1. The first-order valence-corrected chi connectivity index (χ1v) is 8.46. The van der Waals surface area contributed by atoms with Crippen LogP contribution in [-0.2, 0) is 0 Å². The van der Waals surface area contributed by atoms with E-state index in [-0.39, 0.29) is 23.5 Å². The molecule has 0 aliphatic heterocycles. The van der Waals surface area contributed by atoms with Crippen LogP contribution >= 0.6 is 0 Å². The van der Waals surface area contributed by atoms with Gasteiger partial charge < -0.3 is 10.1 Å². The van der Waals surface area contributed by atoms with Crippen LogP contribution in [0.25, 0.3) is 5.69 Å². The van der Waals surface area contributed by atoms with E-state index in [0.717, 1.165) is 25.7 Å². The maximum atomic E-state index is 13.1. The van der Waals surface area contributed by atoms with Crippen molar-refractivity contribution in [2.45, 2.75) is 45.1 Å². The van der Waals surface area contributed by atoms with E-state index in [1.54, 1.807) is 23.0 Å². The van der Waals surface area contributed by atoms with E-state index in [1.165, 1.54) is 18.6 Å². The molecule has 1 aromatic heterocycles. The molecule has 24 heavy (non-hydrogen) atoms. The van der Waals surface area contributed by atoms with Gasteiger partial charge in [-0.1, -0.05) is 19.3 Å². The molecule has 1 heterocycles. The van der Waals surface area contributed by atoms with Crippen LogP contribution in [0.1, 0.15) is 49.5 Å². The van der Waals surface area contributed by atoms with E-state index in [9.17, 15) is 9.18 Å². The van der Waals surface area contributed by atoms with Crippen LogP contribution < -0.4 is 10.1 Å². The van der Waals surface area contributed by atoms with Gasteiger partial charge in [0, 0.05) is 6.04 Å². The summed E-state index contributed by atoms with van der Waals surface area (Å²) in [4.78, 5) is 12.6. The van der Waals surface area contributed by atoms with Crippen molar-refractivity contribution in [1.29, 1.82) is 0 Å². The lowest BCUT2D eigenvalue weighted by Crippen LogP contribution is -2.36. The third-order valence-electron chi connectivity index (χ3n) is 4.23. The fourth-order valence-electron chi connectivity index (χ4n) is 3.00. The topological polar surface area (TPSA) is 56.2 Å². The first-order valence-electron chi connectivity index (χ1n) is 8.46. The molecule has 1 aliphatic carbocycles. The van der Waals surface area contributed by atoms with Crippen molar-refractivity contribution in [2.75, 3.05) is 6.61 Å². The second kappa shape index (κ2) is 7.47. The van der Waals surface area contributed by atoms with Crippen LogP contribution in [0.5, 0.6) is 5.75 Å². The van der Waals surface area contributed by atoms with Crippen molar-refractivity contribution in [1.82, 2.24) is 15.1 Å². The Morgan fingerprint density at radius 1 is 1.29 bits per heavy atom. The molecule has 1 N–H and O–H groups in total. The van der Waals surface area contributed by atoms with Crippen LogP contribution in [0.4, 0.5) is 4.39 Å². The second-order valence-corrected chi connectivity index (χ2v) is 6.00. The summed E-state index contributed by atoms with van der Waals surface area (Å²) in [5, 5.41) is 7.40. The molecule has 1 amide bonds. The number of hydrogen-bond donors (Lipinski definition) is 1. The highest BCUT2D eigenvalue weighted by Gasteiger charge is 2.22. The van der Waals surface area contributed by atoms with Gasteiger partial charge in [0.05, 0.1) is 18.5 Å². The largest absolute Gasteiger partial charge is 0.490 e. The molecule has 1 fully saturated rings. The number of nitrogens with zero attached hydrogens (tertiary/aromatic N) is 2. The Balaban J connectivity index is 1.82. The monoisotopic (exact) mass is 331 g/mol. The average molecular weight is 331 g/mol. The summed E-state index contributed by atoms with van der Waals surface area (Å²) < 4.78 is 20.2. The number of hydrogen-bond acceptors (Lipinski definition) is 3. The molecular weight excluding hydrogens is 309 g/mol. The van der Waals surface area contributed by atoms with E-state index in [2.05, 4.69) is 10.4 Å². The Hall–Kier alpha value is -2.37. The van der Waals surface area contributed by atoms with Crippen molar-refractivity contribution in [3.63, 3.8) is 0 Å². The lowest BCUT2D eigenvalue weighted by molar-refractivity contribution is 0.0918. The van der Waals surface area contributed by atoms with Gasteiger partial charge in [0.15, 0.2) is 11.4 Å². The van der Waals surface area contributed by atoms with Gasteiger partial charge in [-0.15, -0.1) is 0 Å². The first kappa shape index (κ1) is 16.5. The molecule has 0 bridgehead atoms. The van der Waals surface area contributed by atoms with Gasteiger partial charge in [0.1, 0.15) is 5.82 Å². The van der Waals surface area contributed by atoms with Gasteiger partial charge >= 0.3 is 0 Å². The Morgan fingerprint density at radius 3 is 2.67 bits per heavy atom. The minimum Gasteiger partial charge on any atom is -0.490 e.